The van der Waals surface area contributed by atoms with Crippen LogP contribution < -0.4 is 11.1 Å². The van der Waals surface area contributed by atoms with Crippen LogP contribution in [0.3, 0.4) is 0 Å². The lowest BCUT2D eigenvalue weighted by molar-refractivity contribution is -0.121. The Labute approximate surface area is 88.3 Å². The maximum Gasteiger partial charge on any atom is 0.234 e. The summed E-state index contributed by atoms with van der Waals surface area (Å²) in [6, 6.07) is 3.80. The average molecular weight is 212 g/mol. The van der Waals surface area contributed by atoms with E-state index in [0.717, 1.165) is 0 Å². The lowest BCUT2D eigenvalue weighted by atomic mass is 10.0. The number of nitrogens with one attached hydrogen (secondary N) is 1. The highest BCUT2D eigenvalue weighted by atomic mass is 32.1. The summed E-state index contributed by atoms with van der Waals surface area (Å²) in [5.74, 6) is -0.0518. The van der Waals surface area contributed by atoms with Crippen LogP contribution in [-0.2, 0) is 11.3 Å². The highest BCUT2D eigenvalue weighted by Crippen LogP contribution is 2.09. The van der Waals surface area contributed by atoms with Gasteiger partial charge in [0.1, 0.15) is 0 Å². The second-order valence-corrected chi connectivity index (χ2v) is 4.62. The lowest BCUT2D eigenvalue weighted by Gasteiger charge is -2.18. The number of primary amides is 1. The molecule has 0 aromatic carbocycles. The predicted octanol–water partition coefficient (Wildman–Crippen LogP) is 1.35. The van der Waals surface area contributed by atoms with Gasteiger partial charge in [0.25, 0.3) is 0 Å². The van der Waals surface area contributed by atoms with Crippen molar-refractivity contribution in [2.45, 2.75) is 26.4 Å². The summed E-state index contributed by atoms with van der Waals surface area (Å²) in [6.07, 6.45) is 0. The zero-order valence-electron chi connectivity index (χ0n) is 8.49. The van der Waals surface area contributed by atoms with Gasteiger partial charge in [-0.1, -0.05) is 19.9 Å². The number of carbonyl (C=O) groups excluding carboxylic acids is 1. The molecule has 14 heavy (non-hydrogen) atoms. The molecule has 1 unspecified atom stereocenters. The Morgan fingerprint density at radius 3 is 2.79 bits per heavy atom. The molecule has 1 atom stereocenters. The van der Waals surface area contributed by atoms with Crippen molar-refractivity contribution in [3.8, 4) is 0 Å². The van der Waals surface area contributed by atoms with Crippen molar-refractivity contribution in [3.05, 3.63) is 22.4 Å². The van der Waals surface area contributed by atoms with Crippen molar-refractivity contribution >= 4 is 17.2 Å². The van der Waals surface area contributed by atoms with Gasteiger partial charge >= 0.3 is 0 Å². The summed E-state index contributed by atoms with van der Waals surface area (Å²) in [5.41, 5.74) is 5.28. The van der Waals surface area contributed by atoms with Gasteiger partial charge in [0.2, 0.25) is 5.91 Å². The number of nitrogens with two attached hydrogens (primary N) is 1. The van der Waals surface area contributed by atoms with E-state index in [9.17, 15) is 4.79 Å². The maximum absolute atomic E-state index is 11.1. The Kier molecular flexibility index (Phi) is 4.10. The minimum Gasteiger partial charge on any atom is -0.368 e. The molecule has 1 rings (SSSR count). The molecular formula is C10H16N2OS. The minimum atomic E-state index is -0.281. The maximum atomic E-state index is 11.1. The van der Waals surface area contributed by atoms with Crippen LogP contribution in [0.25, 0.3) is 0 Å². The molecule has 1 aromatic rings. The summed E-state index contributed by atoms with van der Waals surface area (Å²) in [4.78, 5) is 12.3. The van der Waals surface area contributed by atoms with Gasteiger partial charge in [0.15, 0.2) is 0 Å². The molecule has 0 bridgehead atoms. The monoisotopic (exact) mass is 212 g/mol. The highest BCUT2D eigenvalue weighted by Gasteiger charge is 2.18. The third kappa shape index (κ3) is 3.12. The number of hydrogen-bond donors (Lipinski definition) is 2. The Morgan fingerprint density at radius 2 is 2.36 bits per heavy atom. The molecule has 0 aliphatic heterocycles. The first-order valence-electron chi connectivity index (χ1n) is 4.66. The molecule has 4 heteroatoms. The largest absolute Gasteiger partial charge is 0.368 e. The number of thiophene rings is 1. The SMILES string of the molecule is CC(C)C(NCc1cccs1)C(N)=O. The Bertz CT molecular complexity index is 282. The summed E-state index contributed by atoms with van der Waals surface area (Å²) < 4.78 is 0. The fourth-order valence-corrected chi connectivity index (χ4v) is 1.94. The minimum absolute atomic E-state index is 0.229. The van der Waals surface area contributed by atoms with Crippen LogP contribution in [0.1, 0.15) is 18.7 Å². The van der Waals surface area contributed by atoms with Gasteiger partial charge in [0.05, 0.1) is 6.04 Å². The van der Waals surface area contributed by atoms with Gasteiger partial charge < -0.3 is 11.1 Å². The van der Waals surface area contributed by atoms with Crippen molar-refractivity contribution in [1.29, 1.82) is 0 Å². The van der Waals surface area contributed by atoms with Gasteiger partial charge in [-0.25, -0.2) is 0 Å². The zero-order chi connectivity index (χ0) is 10.6. The average Bonchev–Trinajstić information content (AvgIpc) is 2.55. The van der Waals surface area contributed by atoms with E-state index in [1.165, 1.54) is 4.88 Å². The van der Waals surface area contributed by atoms with Crippen LogP contribution in [0.4, 0.5) is 0 Å². The normalized spacial score (nSPS) is 13.1. The first-order chi connectivity index (χ1) is 6.61. The molecule has 0 fully saturated rings. The Hall–Kier alpha value is -0.870. The van der Waals surface area contributed by atoms with Gasteiger partial charge in [-0.05, 0) is 17.4 Å². The number of amides is 1. The molecule has 0 saturated heterocycles. The number of rotatable bonds is 5. The topological polar surface area (TPSA) is 55.1 Å². The van der Waals surface area contributed by atoms with E-state index >= 15 is 0 Å². The fraction of sp³-hybridized carbons (Fsp3) is 0.500. The lowest BCUT2D eigenvalue weighted by Crippen LogP contribution is -2.44. The summed E-state index contributed by atoms with van der Waals surface area (Å²) in [5, 5.41) is 5.18. The van der Waals surface area contributed by atoms with Gasteiger partial charge in [-0.15, -0.1) is 11.3 Å². The molecule has 78 valence electrons. The Balaban J connectivity index is 2.45. The van der Waals surface area contributed by atoms with Crippen LogP contribution >= 0.6 is 11.3 Å². The van der Waals surface area contributed by atoms with E-state index < -0.39 is 0 Å². The molecule has 3 nitrogen and oxygen atoms in total. The van der Waals surface area contributed by atoms with E-state index in [0.29, 0.717) is 6.54 Å². The van der Waals surface area contributed by atoms with Crippen molar-refractivity contribution in [2.75, 3.05) is 0 Å². The third-order valence-electron chi connectivity index (χ3n) is 2.05. The molecular weight excluding hydrogens is 196 g/mol. The number of hydrogen-bond acceptors (Lipinski definition) is 3. The van der Waals surface area contributed by atoms with E-state index in [4.69, 9.17) is 5.73 Å². The van der Waals surface area contributed by atoms with Gasteiger partial charge in [-0.3, -0.25) is 4.79 Å². The van der Waals surface area contributed by atoms with Crippen LogP contribution in [0.15, 0.2) is 17.5 Å². The van der Waals surface area contributed by atoms with Crippen molar-refractivity contribution in [3.63, 3.8) is 0 Å². The summed E-state index contributed by atoms with van der Waals surface area (Å²) in [6.45, 7) is 4.68. The molecule has 0 radical (unpaired) electrons. The molecule has 0 aliphatic carbocycles. The molecule has 1 aromatic heterocycles. The summed E-state index contributed by atoms with van der Waals surface area (Å²) in [7, 11) is 0. The smallest absolute Gasteiger partial charge is 0.234 e. The molecule has 1 heterocycles. The summed E-state index contributed by atoms with van der Waals surface area (Å²) >= 11 is 1.67. The standard InChI is InChI=1S/C10H16N2OS/c1-7(2)9(10(11)13)12-6-8-4-3-5-14-8/h3-5,7,9,12H,6H2,1-2H3,(H2,11,13). The van der Waals surface area contributed by atoms with E-state index in [2.05, 4.69) is 5.32 Å². The van der Waals surface area contributed by atoms with Crippen molar-refractivity contribution in [2.24, 2.45) is 11.7 Å². The molecule has 0 saturated carbocycles. The highest BCUT2D eigenvalue weighted by molar-refractivity contribution is 7.09. The third-order valence-corrected chi connectivity index (χ3v) is 2.93. The number of carbonyl (C=O) groups is 1. The zero-order valence-corrected chi connectivity index (χ0v) is 9.30. The molecule has 3 N–H and O–H groups in total. The fourth-order valence-electron chi connectivity index (χ4n) is 1.29. The Morgan fingerprint density at radius 1 is 1.64 bits per heavy atom. The molecule has 0 spiro atoms. The van der Waals surface area contributed by atoms with Crippen molar-refractivity contribution < 1.29 is 4.79 Å². The first kappa shape index (κ1) is 11.2. The quantitative estimate of drug-likeness (QED) is 0.774. The predicted molar refractivity (Wildman–Crippen MR) is 59.0 cm³/mol. The van der Waals surface area contributed by atoms with Crippen LogP contribution in [-0.4, -0.2) is 11.9 Å². The second-order valence-electron chi connectivity index (χ2n) is 3.58. The molecule has 0 aliphatic rings. The van der Waals surface area contributed by atoms with Gasteiger partial charge in [0, 0.05) is 11.4 Å². The van der Waals surface area contributed by atoms with E-state index in [-0.39, 0.29) is 17.9 Å². The van der Waals surface area contributed by atoms with Crippen LogP contribution in [0, 0.1) is 5.92 Å². The molecule has 1 amide bonds. The second kappa shape index (κ2) is 5.12. The van der Waals surface area contributed by atoms with Crippen LogP contribution in [0.5, 0.6) is 0 Å². The van der Waals surface area contributed by atoms with Crippen molar-refractivity contribution in [1.82, 2.24) is 5.32 Å². The van der Waals surface area contributed by atoms with E-state index in [1.807, 2.05) is 31.4 Å². The van der Waals surface area contributed by atoms with Crippen LogP contribution in [0.2, 0.25) is 0 Å². The van der Waals surface area contributed by atoms with Gasteiger partial charge in [-0.2, -0.15) is 0 Å². The van der Waals surface area contributed by atoms with E-state index in [1.54, 1.807) is 11.3 Å². The first-order valence-corrected chi connectivity index (χ1v) is 5.54.